The number of hydrogen-bond acceptors (Lipinski definition) is 9. The van der Waals surface area contributed by atoms with E-state index in [1.54, 1.807) is 24.3 Å². The number of hydrogen-bond donors (Lipinski definition) is 4. The number of nitrogens with two attached hydrogens (primary N) is 2. The number of anilines is 2. The Bertz CT molecular complexity index is 1490. The fourth-order valence-electron chi connectivity index (χ4n) is 5.15. The molecule has 13 nitrogen and oxygen atoms in total. The molecule has 7 amide bonds. The van der Waals surface area contributed by atoms with Crippen LogP contribution in [0.4, 0.5) is 11.4 Å². The molecular formula is C26H24N6O7. The van der Waals surface area contributed by atoms with Crippen LogP contribution in [-0.4, -0.2) is 63.2 Å². The minimum Gasteiger partial charge on any atom is -0.398 e. The molecule has 4 aliphatic rings. The Morgan fingerprint density at radius 3 is 1.79 bits per heavy atom. The predicted molar refractivity (Wildman–Crippen MR) is 134 cm³/mol. The summed E-state index contributed by atoms with van der Waals surface area (Å²) in [6.45, 7) is 0.327. The van der Waals surface area contributed by atoms with E-state index in [0.29, 0.717) is 24.2 Å². The molecule has 200 valence electrons. The highest BCUT2D eigenvalue weighted by molar-refractivity contribution is 6.25. The molecule has 2 saturated heterocycles. The lowest BCUT2D eigenvalue weighted by atomic mass is 10.0. The molecule has 4 heterocycles. The molecule has 2 aromatic rings. The molecule has 39 heavy (non-hydrogen) atoms. The van der Waals surface area contributed by atoms with Crippen LogP contribution in [0.3, 0.4) is 0 Å². The van der Waals surface area contributed by atoms with Gasteiger partial charge in [-0.25, -0.2) is 0 Å². The summed E-state index contributed by atoms with van der Waals surface area (Å²) < 4.78 is 0. The fourth-order valence-corrected chi connectivity index (χ4v) is 5.15. The molecule has 0 spiro atoms. The zero-order chi connectivity index (χ0) is 28.0. The summed E-state index contributed by atoms with van der Waals surface area (Å²) in [5, 5.41) is 4.40. The Balaban J connectivity index is 0.000000158. The molecule has 13 heteroatoms. The van der Waals surface area contributed by atoms with Crippen molar-refractivity contribution in [1.82, 2.24) is 20.4 Å². The topological polar surface area (TPSA) is 202 Å². The van der Waals surface area contributed by atoms with E-state index >= 15 is 0 Å². The van der Waals surface area contributed by atoms with Crippen molar-refractivity contribution >= 4 is 52.7 Å². The number of carbonyl (C=O) groups excluding carboxylic acids is 7. The average Bonchev–Trinajstić information content (AvgIpc) is 3.35. The number of nitrogen functional groups attached to an aromatic ring is 2. The van der Waals surface area contributed by atoms with Gasteiger partial charge in [0.1, 0.15) is 12.1 Å². The number of benzene rings is 2. The third-order valence-corrected chi connectivity index (χ3v) is 7.12. The zero-order valence-corrected chi connectivity index (χ0v) is 20.6. The van der Waals surface area contributed by atoms with Crippen molar-refractivity contribution in [1.29, 1.82) is 0 Å². The molecule has 0 saturated carbocycles. The number of nitrogens with zero attached hydrogens (tertiary/aromatic N) is 2. The van der Waals surface area contributed by atoms with Crippen LogP contribution in [0.1, 0.15) is 62.3 Å². The van der Waals surface area contributed by atoms with Gasteiger partial charge in [0.05, 0.1) is 11.1 Å². The first-order valence-corrected chi connectivity index (χ1v) is 12.2. The van der Waals surface area contributed by atoms with Crippen LogP contribution < -0.4 is 22.1 Å². The first-order chi connectivity index (χ1) is 18.6. The van der Waals surface area contributed by atoms with Gasteiger partial charge in [0.2, 0.25) is 23.6 Å². The lowest BCUT2D eigenvalue weighted by Gasteiger charge is -2.29. The number of rotatable bonds is 2. The SMILES string of the molecule is Nc1cccc2c1C(=O)N(C1CCC(=O)NC1=O)C2=O.Nc1cccc2c1CN(C1CCC(=O)NC1=O)C2=O. The normalized spacial score (nSPS) is 22.2. The molecule has 2 atom stereocenters. The molecule has 6 N–H and O–H groups in total. The van der Waals surface area contributed by atoms with Crippen LogP contribution in [0.2, 0.25) is 0 Å². The van der Waals surface area contributed by atoms with Gasteiger partial charge in [0.15, 0.2) is 0 Å². The molecule has 4 aliphatic heterocycles. The van der Waals surface area contributed by atoms with Crippen molar-refractivity contribution < 1.29 is 33.6 Å². The van der Waals surface area contributed by atoms with Gasteiger partial charge in [0.25, 0.3) is 17.7 Å². The van der Waals surface area contributed by atoms with Crippen LogP contribution in [0.15, 0.2) is 36.4 Å². The Labute approximate surface area is 221 Å². The zero-order valence-electron chi connectivity index (χ0n) is 20.6. The van der Waals surface area contributed by atoms with Crippen molar-refractivity contribution in [3.05, 3.63) is 58.7 Å². The highest BCUT2D eigenvalue weighted by Crippen LogP contribution is 2.32. The number of imide groups is 3. The maximum atomic E-state index is 12.3. The van der Waals surface area contributed by atoms with Gasteiger partial charge in [-0.1, -0.05) is 12.1 Å². The summed E-state index contributed by atoms with van der Waals surface area (Å²) in [6, 6.07) is 8.22. The van der Waals surface area contributed by atoms with E-state index in [9.17, 15) is 33.6 Å². The minimum atomic E-state index is -0.959. The summed E-state index contributed by atoms with van der Waals surface area (Å²) >= 11 is 0. The largest absolute Gasteiger partial charge is 0.398 e. The first kappa shape index (κ1) is 25.6. The third kappa shape index (κ3) is 4.37. The van der Waals surface area contributed by atoms with Crippen molar-refractivity contribution in [2.45, 2.75) is 44.3 Å². The molecule has 0 aromatic heterocycles. The Hall–Kier alpha value is -5.07. The Morgan fingerprint density at radius 2 is 1.23 bits per heavy atom. The standard InChI is InChI=1S/C13H11N3O4.C13H13N3O3/c14-7-3-1-2-6-10(7)13(20)16(12(6)19)8-4-5-9(17)15-11(8)18;14-9-3-1-2-7-8(9)6-16(13(7)19)10-4-5-11(17)15-12(10)18/h1-3,8H,4-5,14H2,(H,15,17,18);1-3,10H,4-6,14H2,(H,15,17,18). The summed E-state index contributed by atoms with van der Waals surface area (Å²) in [6.07, 6.45) is 0.853. The summed E-state index contributed by atoms with van der Waals surface area (Å²) in [5.41, 5.74) is 14.0. The number of fused-ring (bicyclic) bond motifs is 2. The van der Waals surface area contributed by atoms with Gasteiger partial charge in [-0.3, -0.25) is 49.1 Å². The molecule has 0 bridgehead atoms. The molecular weight excluding hydrogens is 508 g/mol. The second kappa shape index (κ2) is 9.67. The highest BCUT2D eigenvalue weighted by Gasteiger charge is 2.45. The summed E-state index contributed by atoms with van der Waals surface area (Å²) in [5.74, 6) is -3.06. The minimum absolute atomic E-state index is 0.0965. The maximum Gasteiger partial charge on any atom is 0.264 e. The Kier molecular flexibility index (Phi) is 6.34. The molecule has 2 aromatic carbocycles. The van der Waals surface area contributed by atoms with Crippen molar-refractivity contribution in [3.63, 3.8) is 0 Å². The second-order valence-corrected chi connectivity index (χ2v) is 9.49. The quantitative estimate of drug-likeness (QED) is 0.296. The number of piperidine rings is 2. The van der Waals surface area contributed by atoms with E-state index in [1.807, 2.05) is 0 Å². The van der Waals surface area contributed by atoms with E-state index in [2.05, 4.69) is 10.6 Å². The molecule has 0 aliphatic carbocycles. The van der Waals surface area contributed by atoms with E-state index in [1.165, 1.54) is 17.0 Å². The van der Waals surface area contributed by atoms with Gasteiger partial charge in [-0.2, -0.15) is 0 Å². The lowest BCUT2D eigenvalue weighted by molar-refractivity contribution is -0.138. The van der Waals surface area contributed by atoms with Crippen LogP contribution in [0.25, 0.3) is 0 Å². The smallest absolute Gasteiger partial charge is 0.264 e. The van der Waals surface area contributed by atoms with Crippen LogP contribution >= 0.6 is 0 Å². The van der Waals surface area contributed by atoms with Crippen molar-refractivity contribution in [3.8, 4) is 0 Å². The first-order valence-electron chi connectivity index (χ1n) is 12.2. The fraction of sp³-hybridized carbons (Fsp3) is 0.269. The van der Waals surface area contributed by atoms with Gasteiger partial charge < -0.3 is 16.4 Å². The third-order valence-electron chi connectivity index (χ3n) is 7.12. The number of carbonyl (C=O) groups is 7. The van der Waals surface area contributed by atoms with Gasteiger partial charge in [0, 0.05) is 41.9 Å². The number of amides is 7. The van der Waals surface area contributed by atoms with E-state index < -0.39 is 41.6 Å². The predicted octanol–water partition coefficient (Wildman–Crippen LogP) is -0.300. The van der Waals surface area contributed by atoms with Crippen LogP contribution in [0, 0.1) is 0 Å². The lowest BCUT2D eigenvalue weighted by Crippen LogP contribution is -2.54. The molecule has 6 rings (SSSR count). The molecule has 2 fully saturated rings. The highest BCUT2D eigenvalue weighted by atomic mass is 16.2. The van der Waals surface area contributed by atoms with E-state index in [-0.39, 0.29) is 47.9 Å². The van der Waals surface area contributed by atoms with E-state index in [0.717, 1.165) is 10.5 Å². The summed E-state index contributed by atoms with van der Waals surface area (Å²) in [7, 11) is 0. The number of nitrogens with one attached hydrogen (secondary N) is 2. The van der Waals surface area contributed by atoms with Crippen LogP contribution in [0.5, 0.6) is 0 Å². The Morgan fingerprint density at radius 1 is 0.667 bits per heavy atom. The summed E-state index contributed by atoms with van der Waals surface area (Å²) in [4.78, 5) is 85.1. The molecule has 0 radical (unpaired) electrons. The van der Waals surface area contributed by atoms with Crippen molar-refractivity contribution in [2.24, 2.45) is 0 Å². The van der Waals surface area contributed by atoms with Gasteiger partial charge in [-0.05, 0) is 37.1 Å². The van der Waals surface area contributed by atoms with Gasteiger partial charge in [-0.15, -0.1) is 0 Å². The second-order valence-electron chi connectivity index (χ2n) is 9.49. The monoisotopic (exact) mass is 532 g/mol. The van der Waals surface area contributed by atoms with Crippen LogP contribution in [-0.2, 0) is 25.7 Å². The van der Waals surface area contributed by atoms with Gasteiger partial charge >= 0.3 is 0 Å². The molecule has 2 unspecified atom stereocenters. The van der Waals surface area contributed by atoms with E-state index in [4.69, 9.17) is 11.5 Å². The maximum absolute atomic E-state index is 12.3. The van der Waals surface area contributed by atoms with Crippen molar-refractivity contribution in [2.75, 3.05) is 11.5 Å². The average molecular weight is 533 g/mol.